The zero-order valence-corrected chi connectivity index (χ0v) is 19.7. The molecule has 3 heterocycles. The first kappa shape index (κ1) is 24.1. The highest BCUT2D eigenvalue weighted by atomic mass is 16.8. The van der Waals surface area contributed by atoms with E-state index in [0.29, 0.717) is 13.0 Å². The lowest BCUT2D eigenvalue weighted by atomic mass is 9.51. The van der Waals surface area contributed by atoms with Crippen molar-refractivity contribution >= 4 is 11.9 Å². The van der Waals surface area contributed by atoms with Crippen LogP contribution in [0.4, 0.5) is 0 Å². The molecule has 4 fully saturated rings. The number of esters is 2. The van der Waals surface area contributed by atoms with Gasteiger partial charge in [0, 0.05) is 39.2 Å². The first-order valence-electron chi connectivity index (χ1n) is 11.1. The second-order valence-electron chi connectivity index (χ2n) is 9.31. The third-order valence-corrected chi connectivity index (χ3v) is 7.23. The molecule has 0 N–H and O–H groups in total. The maximum Gasteiger partial charge on any atom is 0.305 e. The number of methoxy groups -OCH3 is 1. The van der Waals surface area contributed by atoms with E-state index in [-0.39, 0.29) is 13.2 Å². The first-order valence-corrected chi connectivity index (χ1v) is 11.1. The van der Waals surface area contributed by atoms with Crippen LogP contribution < -0.4 is 0 Å². The molecule has 1 saturated carbocycles. The number of hydrogen-bond donors (Lipinski definition) is 0. The van der Waals surface area contributed by atoms with Crippen molar-refractivity contribution < 1.29 is 42.7 Å². The van der Waals surface area contributed by atoms with E-state index in [1.807, 2.05) is 44.2 Å². The second-order valence-corrected chi connectivity index (χ2v) is 9.31. The Bertz CT molecular complexity index is 876. The van der Waals surface area contributed by atoms with E-state index >= 15 is 0 Å². The van der Waals surface area contributed by atoms with Gasteiger partial charge in [0.15, 0.2) is 6.29 Å². The van der Waals surface area contributed by atoms with Gasteiger partial charge in [0.05, 0.1) is 24.2 Å². The summed E-state index contributed by atoms with van der Waals surface area (Å²) in [6.07, 6.45) is -1.64. The Balaban J connectivity index is 1.76. The van der Waals surface area contributed by atoms with Gasteiger partial charge in [-0.2, -0.15) is 0 Å². The molecule has 9 nitrogen and oxygen atoms in total. The molecule has 4 aliphatic rings. The molecule has 182 valence electrons. The quantitative estimate of drug-likeness (QED) is 0.425. The van der Waals surface area contributed by atoms with Gasteiger partial charge >= 0.3 is 11.9 Å². The number of ether oxygens (including phenoxy) is 7. The molecular formula is C24H32O9. The van der Waals surface area contributed by atoms with Crippen LogP contribution in [0.1, 0.15) is 46.1 Å². The van der Waals surface area contributed by atoms with Gasteiger partial charge in [0.1, 0.15) is 6.79 Å². The molecule has 3 aliphatic heterocycles. The van der Waals surface area contributed by atoms with E-state index in [1.165, 1.54) is 13.8 Å². The predicted molar refractivity (Wildman–Crippen MR) is 113 cm³/mol. The van der Waals surface area contributed by atoms with E-state index in [2.05, 4.69) is 0 Å². The minimum atomic E-state index is -1.39. The van der Waals surface area contributed by atoms with Crippen LogP contribution in [0.2, 0.25) is 0 Å². The van der Waals surface area contributed by atoms with E-state index < -0.39 is 53.3 Å². The number of fused-ring (bicyclic) bond motifs is 1. The number of hydrogen-bond acceptors (Lipinski definition) is 9. The highest BCUT2D eigenvalue weighted by Gasteiger charge is 2.77. The summed E-state index contributed by atoms with van der Waals surface area (Å²) >= 11 is 0. The normalized spacial score (nSPS) is 39.2. The maximum atomic E-state index is 12.2. The molecule has 33 heavy (non-hydrogen) atoms. The topological polar surface area (TPSA) is 98.8 Å². The van der Waals surface area contributed by atoms with Crippen molar-refractivity contribution in [3.05, 3.63) is 35.9 Å². The van der Waals surface area contributed by atoms with Crippen LogP contribution in [0.15, 0.2) is 30.3 Å². The molecule has 1 aromatic carbocycles. The molecular weight excluding hydrogens is 432 g/mol. The fourth-order valence-corrected chi connectivity index (χ4v) is 5.68. The van der Waals surface area contributed by atoms with Gasteiger partial charge in [-0.15, -0.1) is 0 Å². The van der Waals surface area contributed by atoms with Gasteiger partial charge in [-0.25, -0.2) is 0 Å². The lowest BCUT2D eigenvalue weighted by Crippen LogP contribution is -2.79. The van der Waals surface area contributed by atoms with Crippen molar-refractivity contribution in [2.45, 2.75) is 77.2 Å². The highest BCUT2D eigenvalue weighted by Crippen LogP contribution is 2.66. The van der Waals surface area contributed by atoms with Crippen LogP contribution in [0, 0.1) is 11.3 Å². The summed E-state index contributed by atoms with van der Waals surface area (Å²) in [6, 6.07) is 9.83. The summed E-state index contributed by atoms with van der Waals surface area (Å²) < 4.78 is 41.4. The number of carbonyl (C=O) groups excluding carboxylic acids is 2. The van der Waals surface area contributed by atoms with Gasteiger partial charge in [-0.05, 0) is 12.5 Å². The molecule has 0 radical (unpaired) electrons. The summed E-state index contributed by atoms with van der Waals surface area (Å²) in [4.78, 5) is 24.1. The molecule has 0 aromatic heterocycles. The Morgan fingerprint density at radius 2 is 1.82 bits per heavy atom. The van der Waals surface area contributed by atoms with Crippen LogP contribution >= 0.6 is 0 Å². The minimum Gasteiger partial charge on any atom is -0.435 e. The Kier molecular flexibility index (Phi) is 6.54. The predicted octanol–water partition coefficient (Wildman–Crippen LogP) is 2.90. The Morgan fingerprint density at radius 3 is 2.45 bits per heavy atom. The SMILES string of the molecule is COCO[C@@H]1C[C@]2(OC(C)=O)O[C@@H]3C[C@@](C)([C@H]2[C@H](OC(C)=O)O3)[C@]1(C)OCc1ccccc1. The molecule has 1 aromatic rings. The fraction of sp³-hybridized carbons (Fsp3) is 0.667. The van der Waals surface area contributed by atoms with Gasteiger partial charge in [-0.1, -0.05) is 37.3 Å². The van der Waals surface area contributed by atoms with Gasteiger partial charge in [0.2, 0.25) is 12.1 Å². The largest absolute Gasteiger partial charge is 0.435 e. The zero-order chi connectivity index (χ0) is 23.9. The van der Waals surface area contributed by atoms with E-state index in [0.717, 1.165) is 5.56 Å². The van der Waals surface area contributed by atoms with Crippen LogP contribution in [0.5, 0.6) is 0 Å². The highest BCUT2D eigenvalue weighted by molar-refractivity contribution is 5.67. The molecule has 1 aliphatic carbocycles. The average molecular weight is 465 g/mol. The summed E-state index contributed by atoms with van der Waals surface area (Å²) in [5.74, 6) is -3.03. The molecule has 7 atom stereocenters. The molecule has 5 rings (SSSR count). The van der Waals surface area contributed by atoms with Crippen molar-refractivity contribution in [2.75, 3.05) is 13.9 Å². The first-order chi connectivity index (χ1) is 15.6. The monoisotopic (exact) mass is 464 g/mol. The fourth-order valence-electron chi connectivity index (χ4n) is 5.68. The lowest BCUT2D eigenvalue weighted by molar-refractivity contribution is -0.496. The van der Waals surface area contributed by atoms with Crippen LogP contribution in [0.25, 0.3) is 0 Å². The van der Waals surface area contributed by atoms with E-state index in [9.17, 15) is 9.59 Å². The smallest absolute Gasteiger partial charge is 0.305 e. The Morgan fingerprint density at radius 1 is 1.09 bits per heavy atom. The minimum absolute atomic E-state index is 0.0269. The summed E-state index contributed by atoms with van der Waals surface area (Å²) in [5.41, 5.74) is -0.565. The third kappa shape index (κ3) is 4.17. The standard InChI is InChI=1S/C24H32O9/c1-15(25)30-21-20-22(3)12-19(31-21)33-24(20,32-16(2)26)11-18(28-14-27-5)23(22,4)29-13-17-9-7-6-8-10-17/h6-10,18-21H,11-14H2,1-5H3/t18-,19-,20-,21-,22+,23-,24+/m1/s1. The summed E-state index contributed by atoms with van der Waals surface area (Å²) in [5, 5.41) is 0. The maximum absolute atomic E-state index is 12.2. The van der Waals surface area contributed by atoms with E-state index in [4.69, 9.17) is 33.2 Å². The number of rotatable bonds is 8. The summed E-state index contributed by atoms with van der Waals surface area (Å²) in [7, 11) is 1.54. The van der Waals surface area contributed by atoms with Crippen LogP contribution in [0.3, 0.4) is 0 Å². The van der Waals surface area contributed by atoms with Crippen molar-refractivity contribution in [2.24, 2.45) is 11.3 Å². The number of benzene rings is 1. The average Bonchev–Trinajstić information content (AvgIpc) is 2.73. The zero-order valence-electron chi connectivity index (χ0n) is 19.7. The molecule has 9 heteroatoms. The van der Waals surface area contributed by atoms with Crippen molar-refractivity contribution in [3.8, 4) is 0 Å². The van der Waals surface area contributed by atoms with Gasteiger partial charge in [-0.3, -0.25) is 9.59 Å². The van der Waals surface area contributed by atoms with Crippen molar-refractivity contribution in [1.29, 1.82) is 0 Å². The molecule has 0 spiro atoms. The van der Waals surface area contributed by atoms with Gasteiger partial charge < -0.3 is 33.2 Å². The van der Waals surface area contributed by atoms with Crippen LogP contribution in [-0.4, -0.2) is 55.9 Å². The molecule has 3 saturated heterocycles. The van der Waals surface area contributed by atoms with Crippen molar-refractivity contribution in [1.82, 2.24) is 0 Å². The summed E-state index contributed by atoms with van der Waals surface area (Å²) in [6.45, 7) is 7.02. The number of carbonyl (C=O) groups is 2. The molecule has 4 bridgehead atoms. The molecule has 0 amide bonds. The molecule has 0 unspecified atom stereocenters. The second kappa shape index (κ2) is 8.96. The lowest BCUT2D eigenvalue weighted by Gasteiger charge is -2.69. The third-order valence-electron chi connectivity index (χ3n) is 7.23. The Labute approximate surface area is 193 Å². The van der Waals surface area contributed by atoms with Crippen LogP contribution in [-0.2, 0) is 49.4 Å². The van der Waals surface area contributed by atoms with Crippen molar-refractivity contribution in [3.63, 3.8) is 0 Å². The van der Waals surface area contributed by atoms with Gasteiger partial charge in [0.25, 0.3) is 0 Å². The van der Waals surface area contributed by atoms with E-state index in [1.54, 1.807) is 7.11 Å². The Hall–Kier alpha value is -2.04.